The highest BCUT2D eigenvalue weighted by molar-refractivity contribution is 5.90. The summed E-state index contributed by atoms with van der Waals surface area (Å²) in [6.07, 6.45) is -0.920. The van der Waals surface area contributed by atoms with Crippen molar-refractivity contribution in [2.45, 2.75) is 6.92 Å². The van der Waals surface area contributed by atoms with E-state index in [1.54, 1.807) is 12.4 Å². The molecular weight excluding hydrogens is 244 g/mol. The number of benzene rings is 1. The van der Waals surface area contributed by atoms with Gasteiger partial charge >= 0.3 is 12.1 Å². The van der Waals surface area contributed by atoms with Gasteiger partial charge in [0.15, 0.2) is 0 Å². The van der Waals surface area contributed by atoms with Crippen LogP contribution >= 0.6 is 0 Å². The molecule has 1 aromatic carbocycles. The van der Waals surface area contributed by atoms with E-state index in [0.717, 1.165) is 6.07 Å². The SMILES string of the molecule is CCOC(=O)NOC(=O)c1cccc([N+](=O)[O-])c1. The Morgan fingerprint density at radius 2 is 2.17 bits per heavy atom. The summed E-state index contributed by atoms with van der Waals surface area (Å²) < 4.78 is 4.45. The van der Waals surface area contributed by atoms with Gasteiger partial charge in [0.1, 0.15) is 0 Å². The van der Waals surface area contributed by atoms with Crippen molar-refractivity contribution in [3.63, 3.8) is 0 Å². The van der Waals surface area contributed by atoms with Crippen LogP contribution in [0.5, 0.6) is 0 Å². The first-order chi connectivity index (χ1) is 8.54. The van der Waals surface area contributed by atoms with Crippen LogP contribution in [0.25, 0.3) is 0 Å². The Labute approximate surface area is 102 Å². The minimum absolute atomic E-state index is 0.0546. The van der Waals surface area contributed by atoms with Crippen LogP contribution < -0.4 is 5.48 Å². The molecule has 0 spiro atoms. The average Bonchev–Trinajstić information content (AvgIpc) is 2.36. The largest absolute Gasteiger partial charge is 0.448 e. The molecule has 0 aromatic heterocycles. The van der Waals surface area contributed by atoms with Crippen molar-refractivity contribution < 1.29 is 24.1 Å². The number of ether oxygens (including phenoxy) is 1. The van der Waals surface area contributed by atoms with E-state index in [2.05, 4.69) is 9.57 Å². The molecule has 0 fully saturated rings. The quantitative estimate of drug-likeness (QED) is 0.645. The van der Waals surface area contributed by atoms with Crippen LogP contribution in [0.1, 0.15) is 17.3 Å². The number of rotatable bonds is 3. The van der Waals surface area contributed by atoms with Crippen molar-refractivity contribution in [1.82, 2.24) is 5.48 Å². The highest BCUT2D eigenvalue weighted by atomic mass is 16.7. The summed E-state index contributed by atoms with van der Waals surface area (Å²) in [6.45, 7) is 1.71. The van der Waals surface area contributed by atoms with Gasteiger partial charge in [-0.2, -0.15) is 0 Å². The highest BCUT2D eigenvalue weighted by Gasteiger charge is 2.14. The first-order valence-electron chi connectivity index (χ1n) is 4.93. The molecule has 8 heteroatoms. The maximum atomic E-state index is 11.4. The second-order valence-electron chi connectivity index (χ2n) is 3.02. The van der Waals surface area contributed by atoms with E-state index in [1.807, 2.05) is 0 Å². The monoisotopic (exact) mass is 254 g/mol. The lowest BCUT2D eigenvalue weighted by Gasteiger charge is -2.05. The maximum absolute atomic E-state index is 11.4. The first-order valence-corrected chi connectivity index (χ1v) is 4.93. The van der Waals surface area contributed by atoms with E-state index in [0.29, 0.717) is 0 Å². The van der Waals surface area contributed by atoms with E-state index in [1.165, 1.54) is 18.2 Å². The molecule has 0 aliphatic rings. The van der Waals surface area contributed by atoms with Gasteiger partial charge in [0.25, 0.3) is 5.69 Å². The van der Waals surface area contributed by atoms with Crippen molar-refractivity contribution in [1.29, 1.82) is 0 Å². The van der Waals surface area contributed by atoms with E-state index in [9.17, 15) is 19.7 Å². The second-order valence-corrected chi connectivity index (χ2v) is 3.02. The fourth-order valence-corrected chi connectivity index (χ4v) is 1.05. The first kappa shape index (κ1) is 13.4. The van der Waals surface area contributed by atoms with Gasteiger partial charge in [-0.3, -0.25) is 10.1 Å². The minimum Gasteiger partial charge on any atom is -0.448 e. The van der Waals surface area contributed by atoms with Gasteiger partial charge in [0, 0.05) is 12.1 Å². The standard InChI is InChI=1S/C10H10N2O6/c1-2-17-10(14)11-18-9(13)7-4-3-5-8(6-7)12(15)16/h3-6H,2H2,1H3,(H,11,14). The zero-order valence-electron chi connectivity index (χ0n) is 9.41. The van der Waals surface area contributed by atoms with Crippen LogP contribution in [0, 0.1) is 10.1 Å². The molecule has 0 saturated heterocycles. The number of carbonyl (C=O) groups is 2. The highest BCUT2D eigenvalue weighted by Crippen LogP contribution is 2.13. The Kier molecular flexibility index (Phi) is 4.61. The predicted molar refractivity (Wildman–Crippen MR) is 58.7 cm³/mol. The zero-order chi connectivity index (χ0) is 13.5. The van der Waals surface area contributed by atoms with Crippen LogP contribution in [0.3, 0.4) is 0 Å². The third kappa shape index (κ3) is 3.74. The summed E-state index contributed by atoms with van der Waals surface area (Å²) in [5, 5.41) is 10.5. The number of non-ortho nitro benzene ring substituents is 1. The van der Waals surface area contributed by atoms with Crippen LogP contribution in [0.4, 0.5) is 10.5 Å². The minimum atomic E-state index is -0.924. The molecule has 0 saturated carbocycles. The van der Waals surface area contributed by atoms with Gasteiger partial charge in [-0.05, 0) is 13.0 Å². The maximum Gasteiger partial charge on any atom is 0.440 e. The Morgan fingerprint density at radius 1 is 1.44 bits per heavy atom. The van der Waals surface area contributed by atoms with E-state index in [4.69, 9.17) is 0 Å². The van der Waals surface area contributed by atoms with Crippen LogP contribution in [-0.4, -0.2) is 23.6 Å². The van der Waals surface area contributed by atoms with E-state index in [-0.39, 0.29) is 17.9 Å². The third-order valence-corrected chi connectivity index (χ3v) is 1.80. The molecule has 0 unspecified atom stereocenters. The third-order valence-electron chi connectivity index (χ3n) is 1.80. The number of hydrogen-bond donors (Lipinski definition) is 1. The lowest BCUT2D eigenvalue weighted by Crippen LogP contribution is -2.27. The number of nitrogens with one attached hydrogen (secondary N) is 1. The Morgan fingerprint density at radius 3 is 2.78 bits per heavy atom. The molecule has 0 aliphatic carbocycles. The molecule has 8 nitrogen and oxygen atoms in total. The number of amides is 1. The van der Waals surface area contributed by atoms with Crippen LogP contribution in [0.15, 0.2) is 24.3 Å². The molecule has 1 amide bonds. The fraction of sp³-hybridized carbons (Fsp3) is 0.200. The number of nitrogens with zero attached hydrogens (tertiary/aromatic N) is 1. The van der Waals surface area contributed by atoms with Gasteiger partial charge in [0.05, 0.1) is 17.1 Å². The molecule has 1 aromatic rings. The smallest absolute Gasteiger partial charge is 0.440 e. The Balaban J connectivity index is 2.64. The molecule has 1 N–H and O–H groups in total. The van der Waals surface area contributed by atoms with Gasteiger partial charge in [-0.15, -0.1) is 5.48 Å². The summed E-state index contributed by atoms with van der Waals surface area (Å²) in [6, 6.07) is 4.92. The summed E-state index contributed by atoms with van der Waals surface area (Å²) in [5.74, 6) is -0.924. The van der Waals surface area contributed by atoms with Crippen molar-refractivity contribution in [2.24, 2.45) is 0 Å². The second kappa shape index (κ2) is 6.18. The molecule has 0 radical (unpaired) electrons. The summed E-state index contributed by atoms with van der Waals surface area (Å²) in [5.41, 5.74) is 1.45. The summed E-state index contributed by atoms with van der Waals surface area (Å²) in [7, 11) is 0. The molecule has 0 atom stereocenters. The van der Waals surface area contributed by atoms with Gasteiger partial charge < -0.3 is 9.57 Å². The molecule has 96 valence electrons. The predicted octanol–water partition coefficient (Wildman–Crippen LogP) is 1.41. The number of nitro benzene ring substituents is 1. The van der Waals surface area contributed by atoms with Crippen molar-refractivity contribution in [3.8, 4) is 0 Å². The molecule has 0 heterocycles. The zero-order valence-corrected chi connectivity index (χ0v) is 9.41. The Bertz CT molecular complexity index is 473. The molecular formula is C10H10N2O6. The molecule has 0 aliphatic heterocycles. The molecule has 1 rings (SSSR count). The number of hydroxylamine groups is 1. The Hall–Kier alpha value is -2.64. The van der Waals surface area contributed by atoms with Crippen molar-refractivity contribution in [2.75, 3.05) is 6.61 Å². The van der Waals surface area contributed by atoms with E-state index < -0.39 is 17.0 Å². The fourth-order valence-electron chi connectivity index (χ4n) is 1.05. The topological polar surface area (TPSA) is 108 Å². The normalized spacial score (nSPS) is 9.39. The van der Waals surface area contributed by atoms with Gasteiger partial charge in [-0.25, -0.2) is 9.59 Å². The number of carbonyl (C=O) groups excluding carboxylic acids is 2. The number of nitro groups is 1. The van der Waals surface area contributed by atoms with Crippen LogP contribution in [-0.2, 0) is 9.57 Å². The van der Waals surface area contributed by atoms with Crippen molar-refractivity contribution in [3.05, 3.63) is 39.9 Å². The molecule has 0 bridgehead atoms. The average molecular weight is 254 g/mol. The lowest BCUT2D eigenvalue weighted by atomic mass is 10.2. The van der Waals surface area contributed by atoms with Crippen molar-refractivity contribution >= 4 is 17.7 Å². The lowest BCUT2D eigenvalue weighted by molar-refractivity contribution is -0.384. The van der Waals surface area contributed by atoms with Gasteiger partial charge in [0.2, 0.25) is 0 Å². The molecule has 18 heavy (non-hydrogen) atoms. The van der Waals surface area contributed by atoms with Gasteiger partial charge in [-0.1, -0.05) is 6.07 Å². The summed E-state index contributed by atoms with van der Waals surface area (Å²) in [4.78, 5) is 36.5. The summed E-state index contributed by atoms with van der Waals surface area (Å²) >= 11 is 0. The number of hydrogen-bond acceptors (Lipinski definition) is 6. The van der Waals surface area contributed by atoms with Crippen LogP contribution in [0.2, 0.25) is 0 Å². The van der Waals surface area contributed by atoms with E-state index >= 15 is 0 Å².